The lowest BCUT2D eigenvalue weighted by molar-refractivity contribution is -0.135. The molecule has 3 N–H and O–H groups in total. The monoisotopic (exact) mass is 353 g/mol. The lowest BCUT2D eigenvalue weighted by atomic mass is 10.1. The molecule has 0 saturated heterocycles. The van der Waals surface area contributed by atoms with Gasteiger partial charge in [-0.2, -0.15) is 0 Å². The summed E-state index contributed by atoms with van der Waals surface area (Å²) in [5.41, 5.74) is -0.221. The van der Waals surface area contributed by atoms with E-state index in [4.69, 9.17) is 5.11 Å². The van der Waals surface area contributed by atoms with Crippen molar-refractivity contribution < 1.29 is 19.8 Å². The largest absolute Gasteiger partial charge is 0.506 e. The first-order chi connectivity index (χ1) is 12.5. The van der Waals surface area contributed by atoms with Gasteiger partial charge in [0.25, 0.3) is 11.5 Å². The maximum absolute atomic E-state index is 12.8. The molecule has 2 aromatic heterocycles. The predicted octanol–water partition coefficient (Wildman–Crippen LogP) is 0.965. The molecule has 8 heteroatoms. The Morgan fingerprint density at radius 1 is 1.12 bits per heavy atom. The zero-order valence-electron chi connectivity index (χ0n) is 13.5. The van der Waals surface area contributed by atoms with Crippen molar-refractivity contribution in [3.8, 4) is 5.75 Å². The van der Waals surface area contributed by atoms with Crippen LogP contribution in [0.3, 0.4) is 0 Å². The van der Waals surface area contributed by atoms with Crippen LogP contribution in [-0.2, 0) is 11.3 Å². The van der Waals surface area contributed by atoms with Gasteiger partial charge in [-0.3, -0.25) is 19.0 Å². The molecule has 1 aromatic carbocycles. The SMILES string of the molecule is O=C(O)CNC(=O)c1c(O)c2cccnc2n(Cc2ccccc2)c1=O. The number of aliphatic carboxylic acids is 1. The molecule has 0 aliphatic carbocycles. The van der Waals surface area contributed by atoms with Gasteiger partial charge in [0, 0.05) is 6.20 Å². The number of nitrogens with zero attached hydrogens (tertiary/aromatic N) is 2. The van der Waals surface area contributed by atoms with Crippen molar-refractivity contribution in [3.63, 3.8) is 0 Å². The number of carboxylic acid groups (broad SMARTS) is 1. The zero-order valence-corrected chi connectivity index (χ0v) is 13.5. The van der Waals surface area contributed by atoms with Crippen LogP contribution in [0.5, 0.6) is 5.75 Å². The summed E-state index contributed by atoms with van der Waals surface area (Å²) in [6, 6.07) is 12.2. The average molecular weight is 353 g/mol. The van der Waals surface area contributed by atoms with Crippen molar-refractivity contribution in [2.75, 3.05) is 6.54 Å². The Balaban J connectivity index is 2.18. The molecule has 0 aliphatic heterocycles. The maximum Gasteiger partial charge on any atom is 0.322 e. The number of hydrogen-bond acceptors (Lipinski definition) is 5. The summed E-state index contributed by atoms with van der Waals surface area (Å²) in [6.45, 7) is -0.520. The third-order valence-corrected chi connectivity index (χ3v) is 3.80. The third-order valence-electron chi connectivity index (χ3n) is 3.80. The number of rotatable bonds is 5. The van der Waals surface area contributed by atoms with Crippen LogP contribution in [0.15, 0.2) is 53.5 Å². The fraction of sp³-hybridized carbons (Fsp3) is 0.111. The Kier molecular flexibility index (Phi) is 4.66. The Bertz CT molecular complexity index is 1040. The van der Waals surface area contributed by atoms with E-state index in [9.17, 15) is 19.5 Å². The summed E-state index contributed by atoms with van der Waals surface area (Å²) in [5, 5.41) is 21.4. The van der Waals surface area contributed by atoms with Crippen LogP contribution in [0.25, 0.3) is 11.0 Å². The summed E-state index contributed by atoms with van der Waals surface area (Å²) < 4.78 is 1.28. The molecule has 0 spiro atoms. The molecule has 0 radical (unpaired) electrons. The Morgan fingerprint density at radius 2 is 1.85 bits per heavy atom. The lowest BCUT2D eigenvalue weighted by Crippen LogP contribution is -2.36. The second kappa shape index (κ2) is 7.06. The van der Waals surface area contributed by atoms with Gasteiger partial charge in [0.15, 0.2) is 0 Å². The number of nitrogens with one attached hydrogen (secondary N) is 1. The van der Waals surface area contributed by atoms with Crippen LogP contribution in [0, 0.1) is 0 Å². The van der Waals surface area contributed by atoms with Crippen LogP contribution in [0.1, 0.15) is 15.9 Å². The highest BCUT2D eigenvalue weighted by Gasteiger charge is 2.23. The van der Waals surface area contributed by atoms with Gasteiger partial charge in [-0.15, -0.1) is 0 Å². The number of benzene rings is 1. The van der Waals surface area contributed by atoms with Crippen LogP contribution in [0.4, 0.5) is 0 Å². The quantitative estimate of drug-likeness (QED) is 0.628. The molecule has 0 unspecified atom stereocenters. The average Bonchev–Trinajstić information content (AvgIpc) is 2.64. The van der Waals surface area contributed by atoms with Crippen molar-refractivity contribution in [3.05, 3.63) is 70.1 Å². The molecule has 3 aromatic rings. The summed E-state index contributed by atoms with van der Waals surface area (Å²) in [6.07, 6.45) is 1.48. The van der Waals surface area contributed by atoms with Gasteiger partial charge < -0.3 is 15.5 Å². The molecule has 0 saturated carbocycles. The molecule has 1 amide bonds. The van der Waals surface area contributed by atoms with E-state index in [0.717, 1.165) is 5.56 Å². The van der Waals surface area contributed by atoms with Gasteiger partial charge in [-0.05, 0) is 17.7 Å². The van der Waals surface area contributed by atoms with Gasteiger partial charge >= 0.3 is 5.97 Å². The molecular weight excluding hydrogens is 338 g/mol. The Morgan fingerprint density at radius 3 is 2.54 bits per heavy atom. The lowest BCUT2D eigenvalue weighted by Gasteiger charge is -2.14. The fourth-order valence-corrected chi connectivity index (χ4v) is 2.63. The molecule has 132 valence electrons. The number of aromatic hydroxyl groups is 1. The molecule has 26 heavy (non-hydrogen) atoms. The number of hydrogen-bond donors (Lipinski definition) is 3. The molecule has 8 nitrogen and oxygen atoms in total. The molecule has 3 rings (SSSR count). The topological polar surface area (TPSA) is 122 Å². The van der Waals surface area contributed by atoms with E-state index < -0.39 is 35.3 Å². The number of carbonyl (C=O) groups excluding carboxylic acids is 1. The van der Waals surface area contributed by atoms with Crippen LogP contribution >= 0.6 is 0 Å². The standard InChI is InChI=1S/C18H15N3O5/c22-13(23)9-20-17(25)14-15(24)12-7-4-8-19-16(12)21(18(14)26)10-11-5-2-1-3-6-11/h1-8,24H,9-10H2,(H,20,25)(H,22,23). The van der Waals surface area contributed by atoms with Gasteiger partial charge in [0.1, 0.15) is 23.5 Å². The normalized spacial score (nSPS) is 10.6. The minimum absolute atomic E-state index is 0.146. The zero-order chi connectivity index (χ0) is 18.7. The second-order valence-electron chi connectivity index (χ2n) is 5.55. The van der Waals surface area contributed by atoms with E-state index in [1.54, 1.807) is 6.07 Å². The van der Waals surface area contributed by atoms with Crippen LogP contribution < -0.4 is 10.9 Å². The number of carbonyl (C=O) groups is 2. The summed E-state index contributed by atoms with van der Waals surface area (Å²) in [4.78, 5) is 39.9. The first kappa shape index (κ1) is 17.2. The number of amides is 1. The first-order valence-electron chi connectivity index (χ1n) is 7.73. The van der Waals surface area contributed by atoms with E-state index in [-0.39, 0.29) is 17.6 Å². The fourth-order valence-electron chi connectivity index (χ4n) is 2.63. The van der Waals surface area contributed by atoms with E-state index in [1.165, 1.54) is 16.8 Å². The maximum atomic E-state index is 12.8. The number of carboxylic acids is 1. The highest BCUT2D eigenvalue weighted by molar-refractivity contribution is 6.02. The molecule has 0 fully saturated rings. The highest BCUT2D eigenvalue weighted by atomic mass is 16.4. The van der Waals surface area contributed by atoms with Gasteiger partial charge in [0.05, 0.1) is 11.9 Å². The Hall–Kier alpha value is -3.68. The minimum atomic E-state index is -1.26. The van der Waals surface area contributed by atoms with Gasteiger partial charge in [0.2, 0.25) is 0 Å². The number of aromatic nitrogens is 2. The van der Waals surface area contributed by atoms with Crippen molar-refractivity contribution in [1.29, 1.82) is 0 Å². The van der Waals surface area contributed by atoms with E-state index in [0.29, 0.717) is 0 Å². The Labute approximate surface area is 147 Å². The van der Waals surface area contributed by atoms with Gasteiger partial charge in [-0.1, -0.05) is 30.3 Å². The van der Waals surface area contributed by atoms with Crippen molar-refractivity contribution in [1.82, 2.24) is 14.9 Å². The molecular formula is C18H15N3O5. The van der Waals surface area contributed by atoms with Crippen LogP contribution in [0.2, 0.25) is 0 Å². The minimum Gasteiger partial charge on any atom is -0.506 e. The highest BCUT2D eigenvalue weighted by Crippen LogP contribution is 2.25. The van der Waals surface area contributed by atoms with Gasteiger partial charge in [-0.25, -0.2) is 4.98 Å². The van der Waals surface area contributed by atoms with E-state index >= 15 is 0 Å². The summed E-state index contributed by atoms with van der Waals surface area (Å²) in [5.74, 6) is -2.74. The molecule has 0 bridgehead atoms. The molecule has 0 atom stereocenters. The second-order valence-corrected chi connectivity index (χ2v) is 5.55. The molecule has 2 heterocycles. The van der Waals surface area contributed by atoms with E-state index in [2.05, 4.69) is 10.3 Å². The van der Waals surface area contributed by atoms with Crippen molar-refractivity contribution in [2.24, 2.45) is 0 Å². The first-order valence-corrected chi connectivity index (χ1v) is 7.73. The van der Waals surface area contributed by atoms with E-state index in [1.807, 2.05) is 30.3 Å². The van der Waals surface area contributed by atoms with Crippen molar-refractivity contribution >= 4 is 22.9 Å². The van der Waals surface area contributed by atoms with Crippen LogP contribution in [-0.4, -0.2) is 38.2 Å². The summed E-state index contributed by atoms with van der Waals surface area (Å²) >= 11 is 0. The number of fused-ring (bicyclic) bond motifs is 1. The molecule has 0 aliphatic rings. The smallest absolute Gasteiger partial charge is 0.322 e. The number of pyridine rings is 2. The van der Waals surface area contributed by atoms with Crippen molar-refractivity contribution in [2.45, 2.75) is 6.54 Å². The third kappa shape index (κ3) is 3.25. The summed E-state index contributed by atoms with van der Waals surface area (Å²) in [7, 11) is 0. The predicted molar refractivity (Wildman–Crippen MR) is 93.2 cm³/mol.